The number of phenolic OH excluding ortho intramolecular Hbond substituents is 2. The molecule has 0 unspecified atom stereocenters. The molecule has 0 bridgehead atoms. The summed E-state index contributed by atoms with van der Waals surface area (Å²) < 4.78 is 6.12. The molecule has 2 aliphatic rings. The van der Waals surface area contributed by atoms with Gasteiger partial charge in [0.05, 0.1) is 11.5 Å². The van der Waals surface area contributed by atoms with Gasteiger partial charge in [-0.1, -0.05) is 37.1 Å². The molecule has 1 aromatic carbocycles. The first-order chi connectivity index (χ1) is 21.4. The molecule has 252 valence electrons. The Morgan fingerprint density at radius 2 is 1.52 bits per heavy atom. The Morgan fingerprint density at radius 1 is 0.913 bits per heavy atom. The molecule has 1 aliphatic carbocycles. The first kappa shape index (κ1) is 36.6. The van der Waals surface area contributed by atoms with Crippen LogP contribution < -0.4 is 4.74 Å². The molecule has 5 N–H and O–H groups in total. The average Bonchev–Trinajstić information content (AvgIpc) is 2.96. The zero-order valence-corrected chi connectivity index (χ0v) is 28.5. The summed E-state index contributed by atoms with van der Waals surface area (Å²) in [5.74, 6) is -4.05. The lowest BCUT2D eigenvalue weighted by atomic mass is 9.69. The van der Waals surface area contributed by atoms with Gasteiger partial charge in [-0.3, -0.25) is 14.4 Å². The number of aliphatic hydroxyl groups excluding tert-OH is 3. The molecule has 46 heavy (non-hydrogen) atoms. The maximum atomic E-state index is 13.9. The van der Waals surface area contributed by atoms with Crippen LogP contribution in [0, 0.1) is 5.41 Å². The molecule has 2 atom stereocenters. The van der Waals surface area contributed by atoms with Gasteiger partial charge in [0.2, 0.25) is 0 Å². The van der Waals surface area contributed by atoms with Crippen LogP contribution in [0.15, 0.2) is 46.0 Å². The van der Waals surface area contributed by atoms with Crippen LogP contribution in [0.25, 0.3) is 0 Å². The number of carbonyl (C=O) groups excluding carboxylic acids is 3. The minimum atomic E-state index is -1.61. The lowest BCUT2D eigenvalue weighted by molar-refractivity contribution is -0.127. The van der Waals surface area contributed by atoms with E-state index in [0.29, 0.717) is 12.8 Å². The molecule has 9 nitrogen and oxygen atoms in total. The second-order valence-electron chi connectivity index (χ2n) is 13.6. The first-order valence-electron chi connectivity index (χ1n) is 16.2. The third-order valence-corrected chi connectivity index (χ3v) is 9.03. The fourth-order valence-corrected chi connectivity index (χ4v) is 5.97. The molecular weight excluding hydrogens is 588 g/mol. The minimum absolute atomic E-state index is 0.00139. The van der Waals surface area contributed by atoms with Crippen molar-refractivity contribution in [2.45, 2.75) is 125 Å². The van der Waals surface area contributed by atoms with E-state index in [2.05, 4.69) is 6.08 Å². The largest absolute Gasteiger partial charge is 0.511 e. The highest BCUT2D eigenvalue weighted by Gasteiger charge is 2.48. The number of ketones is 3. The molecule has 0 fully saturated rings. The van der Waals surface area contributed by atoms with Crippen LogP contribution in [0.2, 0.25) is 0 Å². The first-order valence-corrected chi connectivity index (χ1v) is 16.2. The van der Waals surface area contributed by atoms with E-state index in [4.69, 9.17) is 4.74 Å². The predicted molar refractivity (Wildman–Crippen MR) is 177 cm³/mol. The topological polar surface area (TPSA) is 162 Å². The van der Waals surface area contributed by atoms with E-state index in [0.717, 1.165) is 18.4 Å². The summed E-state index contributed by atoms with van der Waals surface area (Å²) in [5.41, 5.74) is -1.43. The fraction of sp³-hybridized carbons (Fsp3) is 0.541. The van der Waals surface area contributed by atoms with E-state index in [1.165, 1.54) is 12.5 Å². The van der Waals surface area contributed by atoms with E-state index in [-0.39, 0.29) is 53.7 Å². The third-order valence-electron chi connectivity index (χ3n) is 9.03. The molecule has 1 aromatic rings. The monoisotopic (exact) mass is 638 g/mol. The zero-order valence-electron chi connectivity index (χ0n) is 28.5. The number of aromatic hydroxyl groups is 2. The zero-order chi connectivity index (χ0) is 34.7. The van der Waals surface area contributed by atoms with Gasteiger partial charge in [-0.25, -0.2) is 0 Å². The second kappa shape index (κ2) is 14.3. The molecule has 0 amide bonds. The Bertz CT molecular complexity index is 1530. The molecule has 0 spiro atoms. The van der Waals surface area contributed by atoms with Crippen molar-refractivity contribution in [3.63, 3.8) is 0 Å². The smallest absolute Gasteiger partial charge is 0.183 e. The van der Waals surface area contributed by atoms with Crippen molar-refractivity contribution in [1.29, 1.82) is 0 Å². The summed E-state index contributed by atoms with van der Waals surface area (Å²) in [6.45, 7) is 14.3. The highest BCUT2D eigenvalue weighted by Crippen LogP contribution is 2.51. The van der Waals surface area contributed by atoms with Gasteiger partial charge in [0.1, 0.15) is 45.5 Å². The summed E-state index contributed by atoms with van der Waals surface area (Å²) in [4.78, 5) is 40.4. The van der Waals surface area contributed by atoms with Crippen molar-refractivity contribution >= 4 is 17.3 Å². The molecule has 0 aromatic heterocycles. The number of phenols is 2. The van der Waals surface area contributed by atoms with Gasteiger partial charge in [0.15, 0.2) is 17.3 Å². The van der Waals surface area contributed by atoms with Gasteiger partial charge in [-0.2, -0.15) is 0 Å². The van der Waals surface area contributed by atoms with Crippen molar-refractivity contribution in [1.82, 2.24) is 0 Å². The van der Waals surface area contributed by atoms with Crippen molar-refractivity contribution in [2.75, 3.05) is 0 Å². The van der Waals surface area contributed by atoms with Crippen LogP contribution in [0.1, 0.15) is 122 Å². The molecule has 1 heterocycles. The van der Waals surface area contributed by atoms with Crippen molar-refractivity contribution in [2.24, 2.45) is 5.41 Å². The maximum absolute atomic E-state index is 13.9. The van der Waals surface area contributed by atoms with Crippen LogP contribution in [-0.2, 0) is 22.4 Å². The second-order valence-corrected chi connectivity index (χ2v) is 13.6. The van der Waals surface area contributed by atoms with Crippen molar-refractivity contribution in [3.8, 4) is 17.2 Å². The Kier molecular flexibility index (Phi) is 11.4. The Balaban J connectivity index is 2.29. The summed E-state index contributed by atoms with van der Waals surface area (Å²) in [7, 11) is 0. The number of carbonyl (C=O) groups is 3. The average molecular weight is 639 g/mol. The molecule has 0 radical (unpaired) electrons. The number of fused-ring (bicyclic) bond motifs is 1. The lowest BCUT2D eigenvalue weighted by Crippen LogP contribution is -2.46. The third kappa shape index (κ3) is 7.09. The number of aliphatic hydroxyl groups is 3. The highest BCUT2D eigenvalue weighted by atomic mass is 16.5. The summed E-state index contributed by atoms with van der Waals surface area (Å²) >= 11 is 0. The number of hydrogen-bond donors (Lipinski definition) is 5. The molecule has 0 saturated heterocycles. The Labute approximate surface area is 272 Å². The fourth-order valence-electron chi connectivity index (χ4n) is 5.97. The molecule has 9 heteroatoms. The van der Waals surface area contributed by atoms with Gasteiger partial charge in [0, 0.05) is 42.4 Å². The van der Waals surface area contributed by atoms with E-state index < -0.39 is 69.5 Å². The van der Waals surface area contributed by atoms with Crippen LogP contribution in [0.3, 0.4) is 0 Å². The van der Waals surface area contributed by atoms with Gasteiger partial charge in [-0.05, 0) is 73.6 Å². The Hall–Kier alpha value is -3.85. The van der Waals surface area contributed by atoms with Gasteiger partial charge < -0.3 is 30.3 Å². The van der Waals surface area contributed by atoms with Crippen LogP contribution in [0.4, 0.5) is 0 Å². The molecule has 3 rings (SSSR count). The van der Waals surface area contributed by atoms with Gasteiger partial charge in [0.25, 0.3) is 0 Å². The van der Waals surface area contributed by atoms with Crippen LogP contribution in [-0.4, -0.2) is 54.6 Å². The maximum Gasteiger partial charge on any atom is 0.183 e. The van der Waals surface area contributed by atoms with Crippen LogP contribution >= 0.6 is 0 Å². The molecule has 0 saturated carbocycles. The van der Waals surface area contributed by atoms with Crippen LogP contribution in [0.5, 0.6) is 17.2 Å². The normalized spacial score (nSPS) is 21.2. The van der Waals surface area contributed by atoms with E-state index in [9.17, 15) is 39.9 Å². The molecule has 1 aliphatic heterocycles. The number of hydrogen-bond acceptors (Lipinski definition) is 9. The highest BCUT2D eigenvalue weighted by molar-refractivity contribution is 6.24. The van der Waals surface area contributed by atoms with Gasteiger partial charge >= 0.3 is 0 Å². The predicted octanol–water partition coefficient (Wildman–Crippen LogP) is 7.36. The minimum Gasteiger partial charge on any atom is -0.511 e. The van der Waals surface area contributed by atoms with E-state index >= 15 is 0 Å². The summed E-state index contributed by atoms with van der Waals surface area (Å²) in [6.07, 6.45) is 4.85. The number of rotatable bonds is 13. The van der Waals surface area contributed by atoms with Crippen molar-refractivity contribution < 1.29 is 44.7 Å². The number of benzene rings is 1. The number of ether oxygens (including phenoxy) is 1. The standard InChI is InChI=1S/C37H50O9/c1-9-12-25(38)28-30(41)22(33-23(31(28)42)19-27(40)36(6,7)46-33)18-24-32(43)29(26(39)13-10-2)35(45)37(8,34(24)44)17-16-21(5)15-11-14-20(3)4/h14,16,27,40-44H,9-13,15,17-19H2,1-8H3/b21-16+/t27-,37+/m0/s1. The Morgan fingerprint density at radius 3 is 2.11 bits per heavy atom. The number of Topliss-reactive ketones (excluding diaryl/α,β-unsaturated/α-hetero) is 3. The van der Waals surface area contributed by atoms with Gasteiger partial charge in [-0.15, -0.1) is 0 Å². The quantitative estimate of drug-likeness (QED) is 0.0844. The molecular formula is C37H50O9. The summed E-state index contributed by atoms with van der Waals surface area (Å²) in [5, 5.41) is 56.7. The SMILES string of the molecule is CCCC(=O)C1=C(O)C(Cc2c(O)c(C(=O)CCC)c(O)c3c2OC(C)(C)[C@@H](O)C3)=C(O)[C@@](C)(C/C=C(\C)CCC=C(C)C)C1=O. The lowest BCUT2D eigenvalue weighted by Gasteiger charge is -2.39. The summed E-state index contributed by atoms with van der Waals surface area (Å²) in [6, 6.07) is 0. The van der Waals surface area contributed by atoms with Crippen molar-refractivity contribution in [3.05, 3.63) is 62.7 Å². The number of allylic oxidation sites excluding steroid dienone is 7. The van der Waals surface area contributed by atoms with E-state index in [1.54, 1.807) is 27.7 Å². The van der Waals surface area contributed by atoms with E-state index in [1.807, 2.05) is 26.8 Å².